The summed E-state index contributed by atoms with van der Waals surface area (Å²) >= 11 is 6.05. The van der Waals surface area contributed by atoms with Gasteiger partial charge in [0.25, 0.3) is 10.0 Å². The van der Waals surface area contributed by atoms with E-state index in [0.29, 0.717) is 39.5 Å². The molecule has 0 spiro atoms. The Hall–Kier alpha value is -3.43. The predicted molar refractivity (Wildman–Crippen MR) is 117 cm³/mol. The van der Waals surface area contributed by atoms with E-state index in [2.05, 4.69) is 19.7 Å². The summed E-state index contributed by atoms with van der Waals surface area (Å²) in [5.41, 5.74) is 0.883. The third-order valence-electron chi connectivity index (χ3n) is 4.41. The van der Waals surface area contributed by atoms with Gasteiger partial charge in [-0.15, -0.1) is 0 Å². The minimum atomic E-state index is -3.78. The zero-order chi connectivity index (χ0) is 22.0. The molecule has 0 saturated carbocycles. The second-order valence-corrected chi connectivity index (χ2v) is 8.73. The van der Waals surface area contributed by atoms with E-state index < -0.39 is 10.0 Å². The first kappa shape index (κ1) is 20.8. The average Bonchev–Trinajstić information content (AvgIpc) is 3.26. The van der Waals surface area contributed by atoms with Gasteiger partial charge >= 0.3 is 0 Å². The molecule has 31 heavy (non-hydrogen) atoms. The van der Waals surface area contributed by atoms with Crippen LogP contribution in [0.3, 0.4) is 0 Å². The van der Waals surface area contributed by atoms with Crippen LogP contribution in [-0.4, -0.2) is 27.9 Å². The van der Waals surface area contributed by atoms with Crippen molar-refractivity contribution in [2.75, 3.05) is 4.72 Å². The zero-order valence-corrected chi connectivity index (χ0v) is 18.2. The number of aryl methyl sites for hydroxylation is 1. The summed E-state index contributed by atoms with van der Waals surface area (Å²) in [6, 6.07) is 13.0. The lowest BCUT2D eigenvalue weighted by molar-refractivity contribution is 0.459. The molecule has 8 nitrogen and oxygen atoms in total. The molecule has 2 aromatic carbocycles. The number of nitrogens with zero attached hydrogens (tertiary/aromatic N) is 4. The van der Waals surface area contributed by atoms with Crippen LogP contribution in [0.1, 0.15) is 11.4 Å². The van der Waals surface area contributed by atoms with E-state index in [1.807, 2.05) is 0 Å². The number of hydrogen-bond acceptors (Lipinski definition) is 6. The normalized spacial score (nSPS) is 11.3. The number of imidazole rings is 1. The third kappa shape index (κ3) is 4.68. The Morgan fingerprint density at radius 2 is 1.84 bits per heavy atom. The minimum absolute atomic E-state index is 0.129. The van der Waals surface area contributed by atoms with Gasteiger partial charge in [-0.1, -0.05) is 17.7 Å². The minimum Gasteiger partial charge on any atom is -0.439 e. The average molecular weight is 456 g/mol. The largest absolute Gasteiger partial charge is 0.439 e. The van der Waals surface area contributed by atoms with Gasteiger partial charge in [0.1, 0.15) is 23.7 Å². The van der Waals surface area contributed by atoms with Crippen LogP contribution in [0.5, 0.6) is 11.6 Å². The van der Waals surface area contributed by atoms with Gasteiger partial charge in [-0.3, -0.25) is 9.29 Å². The number of anilines is 1. The van der Waals surface area contributed by atoms with Gasteiger partial charge in [0, 0.05) is 29.2 Å². The smallest absolute Gasteiger partial charge is 0.262 e. The van der Waals surface area contributed by atoms with E-state index in [0.717, 1.165) is 0 Å². The maximum absolute atomic E-state index is 12.7. The van der Waals surface area contributed by atoms with Crippen molar-refractivity contribution in [1.29, 1.82) is 0 Å². The molecule has 1 N–H and O–H groups in total. The highest BCUT2D eigenvalue weighted by molar-refractivity contribution is 7.92. The van der Waals surface area contributed by atoms with Gasteiger partial charge in [-0.05, 0) is 55.8 Å². The Bertz CT molecular complexity index is 1320. The second-order valence-electron chi connectivity index (χ2n) is 6.68. The topological polar surface area (TPSA) is 99.0 Å². The fraction of sp³-hybridized carbons (Fsp3) is 0.0952. The molecule has 0 unspecified atom stereocenters. The van der Waals surface area contributed by atoms with Crippen LogP contribution in [0.15, 0.2) is 72.1 Å². The number of aromatic nitrogens is 4. The van der Waals surface area contributed by atoms with Gasteiger partial charge in [0.05, 0.1) is 4.90 Å². The number of sulfonamides is 1. The number of rotatable bonds is 6. The van der Waals surface area contributed by atoms with E-state index in [4.69, 9.17) is 16.3 Å². The number of benzene rings is 2. The number of nitrogens with one attached hydrogen (secondary N) is 1. The maximum Gasteiger partial charge on any atom is 0.262 e. The molecule has 0 atom stereocenters. The zero-order valence-electron chi connectivity index (χ0n) is 16.7. The quantitative estimate of drug-likeness (QED) is 0.458. The van der Waals surface area contributed by atoms with Crippen LogP contribution in [-0.2, 0) is 10.0 Å². The molecule has 4 rings (SSSR count). The van der Waals surface area contributed by atoms with Gasteiger partial charge in [0.2, 0.25) is 5.88 Å². The highest BCUT2D eigenvalue weighted by atomic mass is 35.5. The molecular weight excluding hydrogens is 438 g/mol. The molecule has 0 bridgehead atoms. The molecule has 0 radical (unpaired) electrons. The third-order valence-corrected chi connectivity index (χ3v) is 6.34. The van der Waals surface area contributed by atoms with Gasteiger partial charge in [-0.2, -0.15) is 4.98 Å². The van der Waals surface area contributed by atoms with E-state index in [9.17, 15) is 8.42 Å². The number of halogens is 1. The Labute approximate surface area is 184 Å². The summed E-state index contributed by atoms with van der Waals surface area (Å²) in [5.74, 6) is 2.03. The summed E-state index contributed by atoms with van der Waals surface area (Å²) < 4.78 is 35.5. The molecule has 158 valence electrons. The summed E-state index contributed by atoms with van der Waals surface area (Å²) in [7, 11) is -3.78. The van der Waals surface area contributed by atoms with Crippen LogP contribution < -0.4 is 9.46 Å². The van der Waals surface area contributed by atoms with Gasteiger partial charge < -0.3 is 4.74 Å². The molecule has 2 aromatic heterocycles. The van der Waals surface area contributed by atoms with E-state index >= 15 is 0 Å². The van der Waals surface area contributed by atoms with Crippen molar-refractivity contribution in [1.82, 2.24) is 19.5 Å². The highest BCUT2D eigenvalue weighted by Gasteiger charge is 2.18. The van der Waals surface area contributed by atoms with Gasteiger partial charge in [-0.25, -0.2) is 18.4 Å². The first-order valence-corrected chi connectivity index (χ1v) is 11.1. The van der Waals surface area contributed by atoms with Crippen molar-refractivity contribution < 1.29 is 13.2 Å². The van der Waals surface area contributed by atoms with Gasteiger partial charge in [0.15, 0.2) is 0 Å². The maximum atomic E-state index is 12.7. The highest BCUT2D eigenvalue weighted by Crippen LogP contribution is 2.27. The van der Waals surface area contributed by atoms with Crippen LogP contribution in [0.25, 0.3) is 5.82 Å². The fourth-order valence-electron chi connectivity index (χ4n) is 2.91. The molecule has 0 fully saturated rings. The Morgan fingerprint density at radius 3 is 2.55 bits per heavy atom. The van der Waals surface area contributed by atoms with Crippen molar-refractivity contribution in [2.24, 2.45) is 0 Å². The predicted octanol–water partition coefficient (Wildman–Crippen LogP) is 4.53. The standard InChI is InChI=1S/C21H18ClN5O3S/c1-14-18(22)4-3-5-19(14)31(28,29)26-16-6-8-17(9-7-16)30-21-12-20(24-15(2)25-21)27-11-10-23-13-27/h3-13,26H,1-2H3. The van der Waals surface area contributed by atoms with E-state index in [1.54, 1.807) is 79.6 Å². The molecular formula is C21H18ClN5O3S. The molecule has 0 aliphatic heterocycles. The Balaban J connectivity index is 1.52. The molecule has 0 aliphatic carbocycles. The SMILES string of the molecule is Cc1nc(Oc2ccc(NS(=O)(=O)c3cccc(Cl)c3C)cc2)cc(-n2ccnc2)n1. The molecule has 10 heteroatoms. The molecule has 4 aromatic rings. The molecule has 0 aliphatic rings. The summed E-state index contributed by atoms with van der Waals surface area (Å²) in [6.07, 6.45) is 5.06. The fourth-order valence-corrected chi connectivity index (χ4v) is 4.46. The first-order chi connectivity index (χ1) is 14.8. The number of ether oxygens (including phenoxy) is 1. The van der Waals surface area contributed by atoms with Crippen LogP contribution in [0.4, 0.5) is 5.69 Å². The Morgan fingerprint density at radius 1 is 1.06 bits per heavy atom. The number of hydrogen-bond donors (Lipinski definition) is 1. The van der Waals surface area contributed by atoms with Crippen LogP contribution >= 0.6 is 11.6 Å². The summed E-state index contributed by atoms with van der Waals surface area (Å²) in [5, 5.41) is 0.391. The van der Waals surface area contributed by atoms with Crippen LogP contribution in [0, 0.1) is 13.8 Å². The van der Waals surface area contributed by atoms with Crippen molar-refractivity contribution >= 4 is 27.3 Å². The van der Waals surface area contributed by atoms with Crippen LogP contribution in [0.2, 0.25) is 5.02 Å². The molecule has 0 amide bonds. The van der Waals surface area contributed by atoms with E-state index in [-0.39, 0.29) is 4.90 Å². The second kappa shape index (κ2) is 8.37. The summed E-state index contributed by atoms with van der Waals surface area (Å²) in [6.45, 7) is 3.43. The molecule has 0 saturated heterocycles. The van der Waals surface area contributed by atoms with Crippen molar-refractivity contribution in [3.05, 3.63) is 83.7 Å². The van der Waals surface area contributed by atoms with Crippen molar-refractivity contribution in [3.63, 3.8) is 0 Å². The Kier molecular flexibility index (Phi) is 5.62. The first-order valence-electron chi connectivity index (χ1n) is 9.22. The lowest BCUT2D eigenvalue weighted by Crippen LogP contribution is -2.14. The van der Waals surface area contributed by atoms with E-state index in [1.165, 1.54) is 6.07 Å². The molecule has 2 heterocycles. The lowest BCUT2D eigenvalue weighted by Gasteiger charge is -2.12. The lowest BCUT2D eigenvalue weighted by atomic mass is 10.2. The van der Waals surface area contributed by atoms with Crippen molar-refractivity contribution in [2.45, 2.75) is 18.7 Å². The summed E-state index contributed by atoms with van der Waals surface area (Å²) in [4.78, 5) is 12.8. The van der Waals surface area contributed by atoms with Crippen molar-refractivity contribution in [3.8, 4) is 17.4 Å². The monoisotopic (exact) mass is 455 g/mol.